The van der Waals surface area contributed by atoms with E-state index in [1.54, 1.807) is 6.07 Å². The predicted octanol–water partition coefficient (Wildman–Crippen LogP) is 19.6. The third-order valence-corrected chi connectivity index (χ3v) is 13.1. The van der Waals surface area contributed by atoms with Crippen molar-refractivity contribution in [2.45, 2.75) is 309 Å². The van der Waals surface area contributed by atoms with E-state index in [1.807, 2.05) is 12.1 Å². The molecule has 0 aromatic heterocycles. The molecule has 0 radical (unpaired) electrons. The maximum Gasteiger partial charge on any atom is 0.124 e. The lowest BCUT2D eigenvalue weighted by atomic mass is 9.99. The van der Waals surface area contributed by atoms with E-state index in [2.05, 4.69) is 38.6 Å². The van der Waals surface area contributed by atoms with E-state index in [-0.39, 0.29) is 11.9 Å². The highest BCUT2D eigenvalue weighted by Gasteiger charge is 2.21. The molecule has 0 spiro atoms. The number of phenolic OH excluding ortho intramolecular Hbond substituents is 1. The Hall–Kier alpha value is -1.74. The van der Waals surface area contributed by atoms with E-state index >= 15 is 0 Å². The summed E-state index contributed by atoms with van der Waals surface area (Å²) in [6.07, 6.45) is 63.3. The molecular weight excluding hydrogens is 745 g/mol. The largest absolute Gasteiger partial charge is 0.508 e. The van der Waals surface area contributed by atoms with Crippen molar-refractivity contribution in [3.63, 3.8) is 0 Å². The lowest BCUT2D eigenvalue weighted by Gasteiger charge is -2.25. The molecule has 0 aliphatic carbocycles. The molecule has 1 rings (SSSR count). The van der Waals surface area contributed by atoms with Crippen LogP contribution in [-0.2, 0) is 6.42 Å². The number of aliphatic hydroxyl groups is 1. The fourth-order valence-electron chi connectivity index (χ4n) is 9.07. The van der Waals surface area contributed by atoms with Gasteiger partial charge in [0, 0.05) is 6.07 Å². The topological polar surface area (TPSA) is 49.7 Å². The molecule has 1 aromatic carbocycles. The van der Waals surface area contributed by atoms with Crippen molar-refractivity contribution < 1.29 is 14.9 Å². The maximum atomic E-state index is 11.4. The fraction of sp³-hybridized carbons (Fsp3) is 0.828. The normalized spacial score (nSPS) is 12.7. The molecule has 0 amide bonds. The van der Waals surface area contributed by atoms with Crippen LogP contribution in [0.3, 0.4) is 0 Å². The number of benzene rings is 1. The van der Waals surface area contributed by atoms with Crippen molar-refractivity contribution in [3.05, 3.63) is 48.6 Å². The third kappa shape index (κ3) is 39.6. The average molecular weight is 851 g/mol. The van der Waals surface area contributed by atoms with Gasteiger partial charge in [-0.2, -0.15) is 0 Å². The number of ether oxygens (including phenoxy) is 1. The number of hydrogen-bond donors (Lipinski definition) is 2. The number of rotatable bonds is 49. The molecule has 0 saturated heterocycles. The molecule has 0 saturated carbocycles. The Morgan fingerprint density at radius 3 is 1.23 bits per heavy atom. The Morgan fingerprint density at radius 1 is 0.443 bits per heavy atom. The number of phenols is 1. The van der Waals surface area contributed by atoms with Gasteiger partial charge < -0.3 is 14.9 Å². The van der Waals surface area contributed by atoms with Crippen LogP contribution in [0.2, 0.25) is 0 Å². The molecular formula is C58H106O3. The Morgan fingerprint density at radius 2 is 0.803 bits per heavy atom. The summed E-state index contributed by atoms with van der Waals surface area (Å²) >= 11 is 0. The van der Waals surface area contributed by atoms with E-state index in [1.165, 1.54) is 244 Å². The van der Waals surface area contributed by atoms with Gasteiger partial charge in [-0.25, -0.2) is 0 Å². The van der Waals surface area contributed by atoms with Crippen molar-refractivity contribution >= 4 is 0 Å². The fourth-order valence-corrected chi connectivity index (χ4v) is 9.07. The van der Waals surface area contributed by atoms with Gasteiger partial charge in [0.1, 0.15) is 17.6 Å². The number of aliphatic hydroxyl groups excluding tert-OH is 1. The molecule has 2 N–H and O–H groups in total. The minimum Gasteiger partial charge on any atom is -0.508 e. The van der Waals surface area contributed by atoms with Crippen molar-refractivity contribution in [2.24, 2.45) is 0 Å². The summed E-state index contributed by atoms with van der Waals surface area (Å²) in [5, 5.41) is 22.0. The van der Waals surface area contributed by atoms with Crippen LogP contribution >= 0.6 is 0 Å². The summed E-state index contributed by atoms with van der Waals surface area (Å²) in [4.78, 5) is 0. The molecule has 2 atom stereocenters. The van der Waals surface area contributed by atoms with Crippen LogP contribution in [-0.4, -0.2) is 22.4 Å². The number of allylic oxidation sites excluding steroid dienone is 3. The summed E-state index contributed by atoms with van der Waals surface area (Å²) in [7, 11) is 0. The highest BCUT2D eigenvalue weighted by atomic mass is 16.5. The first-order valence-corrected chi connectivity index (χ1v) is 27.5. The van der Waals surface area contributed by atoms with Crippen LogP contribution in [0.4, 0.5) is 0 Å². The van der Waals surface area contributed by atoms with Crippen LogP contribution in [0.5, 0.6) is 11.5 Å². The van der Waals surface area contributed by atoms with Gasteiger partial charge in [0.15, 0.2) is 0 Å². The van der Waals surface area contributed by atoms with Gasteiger partial charge in [-0.15, -0.1) is 6.58 Å². The highest BCUT2D eigenvalue weighted by molar-refractivity contribution is 5.37. The molecule has 61 heavy (non-hydrogen) atoms. The maximum absolute atomic E-state index is 11.4. The molecule has 3 heteroatoms. The van der Waals surface area contributed by atoms with Crippen molar-refractivity contribution in [2.75, 3.05) is 0 Å². The van der Waals surface area contributed by atoms with E-state index in [9.17, 15) is 10.2 Å². The second-order valence-corrected chi connectivity index (χ2v) is 19.2. The quantitative estimate of drug-likeness (QED) is 0.0507. The number of aryl methyl sites for hydroxylation is 1. The molecule has 0 bridgehead atoms. The number of aromatic hydroxyl groups is 1. The van der Waals surface area contributed by atoms with E-state index in [4.69, 9.17) is 4.74 Å². The average Bonchev–Trinajstić information content (AvgIpc) is 3.25. The van der Waals surface area contributed by atoms with Crippen LogP contribution in [0, 0.1) is 0 Å². The molecule has 356 valence electrons. The molecule has 2 unspecified atom stereocenters. The summed E-state index contributed by atoms with van der Waals surface area (Å²) in [5.41, 5.74) is 1.15. The van der Waals surface area contributed by atoms with Gasteiger partial charge in [-0.05, 0) is 88.3 Å². The lowest BCUT2D eigenvalue weighted by Crippen LogP contribution is -2.32. The van der Waals surface area contributed by atoms with Crippen molar-refractivity contribution in [1.82, 2.24) is 0 Å². The SMILES string of the molecule is C=CCCCCCCCCCCCCCCCC(O)C(CCCCCCCC)Oc1cc(O)cc(CCCCCCCCCCCCCCC/C=C\CCCCCCCC)c1. The Kier molecular flexibility index (Phi) is 43.4. The summed E-state index contributed by atoms with van der Waals surface area (Å²) < 4.78 is 6.54. The van der Waals surface area contributed by atoms with Crippen LogP contribution in [0.1, 0.15) is 296 Å². The van der Waals surface area contributed by atoms with Crippen LogP contribution in [0.15, 0.2) is 43.0 Å². The van der Waals surface area contributed by atoms with E-state index in [0.29, 0.717) is 0 Å². The first-order chi connectivity index (χ1) is 30.1. The van der Waals surface area contributed by atoms with Gasteiger partial charge >= 0.3 is 0 Å². The van der Waals surface area contributed by atoms with E-state index in [0.717, 1.165) is 49.8 Å². The Bertz CT molecular complexity index is 1060. The van der Waals surface area contributed by atoms with Crippen LogP contribution < -0.4 is 4.74 Å². The Labute approximate surface area is 382 Å². The molecule has 1 aromatic rings. The molecule has 0 heterocycles. The van der Waals surface area contributed by atoms with Gasteiger partial charge in [0.2, 0.25) is 0 Å². The second-order valence-electron chi connectivity index (χ2n) is 19.2. The second kappa shape index (κ2) is 46.3. The zero-order valence-electron chi connectivity index (χ0n) is 41.2. The monoisotopic (exact) mass is 851 g/mol. The minimum absolute atomic E-state index is 0.209. The zero-order valence-corrected chi connectivity index (χ0v) is 41.2. The first kappa shape index (κ1) is 57.3. The smallest absolute Gasteiger partial charge is 0.124 e. The van der Waals surface area contributed by atoms with Crippen LogP contribution in [0.25, 0.3) is 0 Å². The van der Waals surface area contributed by atoms with Gasteiger partial charge in [-0.1, -0.05) is 244 Å². The van der Waals surface area contributed by atoms with Gasteiger partial charge in [0.25, 0.3) is 0 Å². The standard InChI is InChI=1S/C58H106O3/c1-4-7-10-13-16-18-20-22-24-25-26-27-28-29-30-31-33-34-36-38-40-42-45-48-54-51-55(59)53-56(52-54)61-58(50-47-44-15-12-9-6-3)57(60)49-46-43-41-39-37-35-32-23-21-19-17-14-11-8-5-2/h5,22,24,51-53,57-60H,2,4,6-21,23,25-50H2,1,3H3/b24-22-. The third-order valence-electron chi connectivity index (χ3n) is 13.1. The lowest BCUT2D eigenvalue weighted by molar-refractivity contribution is 0.0229. The van der Waals surface area contributed by atoms with Crippen molar-refractivity contribution in [1.29, 1.82) is 0 Å². The van der Waals surface area contributed by atoms with Gasteiger partial charge in [-0.3, -0.25) is 0 Å². The molecule has 0 fully saturated rings. The highest BCUT2D eigenvalue weighted by Crippen LogP contribution is 2.27. The summed E-state index contributed by atoms with van der Waals surface area (Å²) in [6, 6.07) is 5.79. The molecule has 0 aliphatic heterocycles. The molecule has 0 aliphatic rings. The number of unbranched alkanes of at least 4 members (excludes halogenated alkanes) is 37. The Balaban J connectivity index is 2.22. The summed E-state index contributed by atoms with van der Waals surface area (Å²) in [6.45, 7) is 8.38. The summed E-state index contributed by atoms with van der Waals surface area (Å²) in [5.74, 6) is 1.01. The number of hydrogen-bond acceptors (Lipinski definition) is 3. The molecule has 3 nitrogen and oxygen atoms in total. The van der Waals surface area contributed by atoms with Crippen molar-refractivity contribution in [3.8, 4) is 11.5 Å². The zero-order chi connectivity index (χ0) is 43.9. The van der Waals surface area contributed by atoms with E-state index < -0.39 is 6.10 Å². The predicted molar refractivity (Wildman–Crippen MR) is 271 cm³/mol. The first-order valence-electron chi connectivity index (χ1n) is 27.5. The van der Waals surface area contributed by atoms with Gasteiger partial charge in [0.05, 0.1) is 6.10 Å². The minimum atomic E-state index is -0.458.